The molecule has 1 atom stereocenters. The van der Waals surface area contributed by atoms with E-state index in [1.807, 2.05) is 12.1 Å². The fourth-order valence-electron chi connectivity index (χ4n) is 2.31. The molecule has 1 fully saturated rings. The van der Waals surface area contributed by atoms with E-state index >= 15 is 0 Å². The van der Waals surface area contributed by atoms with Crippen LogP contribution in [0.25, 0.3) is 0 Å². The average Bonchev–Trinajstić information content (AvgIpc) is 2.78. The maximum atomic E-state index is 11.2. The molecular weight excluding hydrogens is 216 g/mol. The number of para-hydroxylation sites is 1. The van der Waals surface area contributed by atoms with Crippen LogP contribution in [0.2, 0.25) is 0 Å². The summed E-state index contributed by atoms with van der Waals surface area (Å²) in [6, 6.07) is 7.73. The van der Waals surface area contributed by atoms with E-state index in [0.29, 0.717) is 11.6 Å². The van der Waals surface area contributed by atoms with Crippen LogP contribution < -0.4 is 4.90 Å². The SMILES string of the molecule is CN(C)C1CCN(c2ccccc2C(=O)O)C1. The second-order valence-electron chi connectivity index (χ2n) is 4.67. The first-order valence-electron chi connectivity index (χ1n) is 5.83. The first-order chi connectivity index (χ1) is 8.09. The van der Waals surface area contributed by atoms with Crippen LogP contribution in [0, 0.1) is 0 Å². The van der Waals surface area contributed by atoms with Crippen molar-refractivity contribution in [3.63, 3.8) is 0 Å². The van der Waals surface area contributed by atoms with Gasteiger partial charge in [-0.2, -0.15) is 0 Å². The molecule has 1 heterocycles. The van der Waals surface area contributed by atoms with Gasteiger partial charge in [-0.1, -0.05) is 12.1 Å². The molecule has 1 unspecified atom stereocenters. The second-order valence-corrected chi connectivity index (χ2v) is 4.67. The van der Waals surface area contributed by atoms with Crippen LogP contribution in [0.1, 0.15) is 16.8 Å². The lowest BCUT2D eigenvalue weighted by Crippen LogP contribution is -2.31. The Balaban J connectivity index is 2.21. The lowest BCUT2D eigenvalue weighted by atomic mass is 10.1. The van der Waals surface area contributed by atoms with Gasteiger partial charge in [-0.3, -0.25) is 0 Å². The molecule has 17 heavy (non-hydrogen) atoms. The summed E-state index contributed by atoms with van der Waals surface area (Å²) in [4.78, 5) is 15.5. The van der Waals surface area contributed by atoms with Crippen molar-refractivity contribution in [2.75, 3.05) is 32.1 Å². The van der Waals surface area contributed by atoms with E-state index in [0.717, 1.165) is 25.2 Å². The molecule has 92 valence electrons. The van der Waals surface area contributed by atoms with Gasteiger partial charge in [0.05, 0.1) is 11.3 Å². The summed E-state index contributed by atoms with van der Waals surface area (Å²) in [6.07, 6.45) is 1.08. The number of carboxylic acids is 1. The molecule has 1 aromatic carbocycles. The number of likely N-dealkylation sites (N-methyl/N-ethyl adjacent to an activating group) is 1. The standard InChI is InChI=1S/C13H18N2O2/c1-14(2)10-7-8-15(9-10)12-6-4-3-5-11(12)13(16)17/h3-6,10H,7-9H2,1-2H3,(H,16,17). The largest absolute Gasteiger partial charge is 0.478 e. The van der Waals surface area contributed by atoms with Crippen molar-refractivity contribution in [3.05, 3.63) is 29.8 Å². The van der Waals surface area contributed by atoms with Crippen LogP contribution in [0.5, 0.6) is 0 Å². The average molecular weight is 234 g/mol. The number of hydrogen-bond acceptors (Lipinski definition) is 3. The minimum Gasteiger partial charge on any atom is -0.478 e. The van der Waals surface area contributed by atoms with E-state index in [9.17, 15) is 4.79 Å². The topological polar surface area (TPSA) is 43.8 Å². The summed E-state index contributed by atoms with van der Waals surface area (Å²) in [5.41, 5.74) is 1.23. The van der Waals surface area contributed by atoms with Crippen molar-refractivity contribution in [2.45, 2.75) is 12.5 Å². The zero-order chi connectivity index (χ0) is 12.4. The predicted molar refractivity (Wildman–Crippen MR) is 67.7 cm³/mol. The third kappa shape index (κ3) is 2.42. The summed E-state index contributed by atoms with van der Waals surface area (Å²) in [5, 5.41) is 9.16. The summed E-state index contributed by atoms with van der Waals surface area (Å²) in [7, 11) is 4.13. The molecule has 0 radical (unpaired) electrons. The Hall–Kier alpha value is -1.55. The Morgan fingerprint density at radius 2 is 2.12 bits per heavy atom. The van der Waals surface area contributed by atoms with Crippen LogP contribution >= 0.6 is 0 Å². The van der Waals surface area contributed by atoms with Gasteiger partial charge in [0.2, 0.25) is 0 Å². The molecule has 4 heteroatoms. The molecule has 2 rings (SSSR count). The Morgan fingerprint density at radius 1 is 1.41 bits per heavy atom. The molecule has 4 nitrogen and oxygen atoms in total. The number of aromatic carboxylic acids is 1. The van der Waals surface area contributed by atoms with Crippen molar-refractivity contribution >= 4 is 11.7 Å². The molecule has 1 aliphatic rings. The Kier molecular flexibility index (Phi) is 3.33. The highest BCUT2D eigenvalue weighted by Gasteiger charge is 2.26. The third-order valence-electron chi connectivity index (χ3n) is 3.37. The summed E-state index contributed by atoms with van der Waals surface area (Å²) >= 11 is 0. The normalized spacial score (nSPS) is 19.9. The highest BCUT2D eigenvalue weighted by Crippen LogP contribution is 2.25. The zero-order valence-electron chi connectivity index (χ0n) is 10.3. The number of carbonyl (C=O) groups is 1. The second kappa shape index (κ2) is 4.75. The molecule has 0 amide bonds. The molecule has 0 aliphatic carbocycles. The van der Waals surface area contributed by atoms with Gasteiger partial charge in [-0.15, -0.1) is 0 Å². The number of hydrogen-bond donors (Lipinski definition) is 1. The van der Waals surface area contributed by atoms with E-state index in [1.165, 1.54) is 0 Å². The van der Waals surface area contributed by atoms with Crippen molar-refractivity contribution in [2.24, 2.45) is 0 Å². The number of anilines is 1. The predicted octanol–water partition coefficient (Wildman–Crippen LogP) is 1.53. The van der Waals surface area contributed by atoms with Gasteiger partial charge in [-0.05, 0) is 32.6 Å². The van der Waals surface area contributed by atoms with Crippen LogP contribution in [-0.2, 0) is 0 Å². The van der Waals surface area contributed by atoms with Crippen molar-refractivity contribution in [1.82, 2.24) is 4.90 Å². The third-order valence-corrected chi connectivity index (χ3v) is 3.37. The fourth-order valence-corrected chi connectivity index (χ4v) is 2.31. The summed E-state index contributed by atoms with van der Waals surface area (Å²) in [5.74, 6) is -0.853. The van der Waals surface area contributed by atoms with E-state index in [2.05, 4.69) is 23.9 Å². The summed E-state index contributed by atoms with van der Waals surface area (Å²) in [6.45, 7) is 1.82. The van der Waals surface area contributed by atoms with Crippen LogP contribution in [-0.4, -0.2) is 49.2 Å². The fraction of sp³-hybridized carbons (Fsp3) is 0.462. The molecule has 1 saturated heterocycles. The quantitative estimate of drug-likeness (QED) is 0.861. The van der Waals surface area contributed by atoms with Gasteiger partial charge in [0.1, 0.15) is 0 Å². The van der Waals surface area contributed by atoms with E-state index in [1.54, 1.807) is 12.1 Å². The minimum absolute atomic E-state index is 0.395. The summed E-state index contributed by atoms with van der Waals surface area (Å²) < 4.78 is 0. The van der Waals surface area contributed by atoms with Crippen LogP contribution in [0.3, 0.4) is 0 Å². The number of nitrogens with zero attached hydrogens (tertiary/aromatic N) is 2. The van der Waals surface area contributed by atoms with Gasteiger partial charge < -0.3 is 14.9 Å². The Bertz CT molecular complexity index is 418. The number of rotatable bonds is 3. The maximum Gasteiger partial charge on any atom is 0.337 e. The molecule has 0 spiro atoms. The van der Waals surface area contributed by atoms with Crippen LogP contribution in [0.15, 0.2) is 24.3 Å². The highest BCUT2D eigenvalue weighted by atomic mass is 16.4. The van der Waals surface area contributed by atoms with Crippen LogP contribution in [0.4, 0.5) is 5.69 Å². The van der Waals surface area contributed by atoms with Gasteiger partial charge >= 0.3 is 5.97 Å². The smallest absolute Gasteiger partial charge is 0.337 e. The minimum atomic E-state index is -0.853. The van der Waals surface area contributed by atoms with E-state index in [4.69, 9.17) is 5.11 Å². The number of benzene rings is 1. The lowest BCUT2D eigenvalue weighted by molar-refractivity contribution is 0.0697. The molecular formula is C13H18N2O2. The van der Waals surface area contributed by atoms with Gasteiger partial charge in [0.25, 0.3) is 0 Å². The molecule has 0 bridgehead atoms. The van der Waals surface area contributed by atoms with E-state index < -0.39 is 5.97 Å². The van der Waals surface area contributed by atoms with Crippen molar-refractivity contribution in [3.8, 4) is 0 Å². The first kappa shape index (κ1) is 11.9. The Morgan fingerprint density at radius 3 is 2.71 bits per heavy atom. The lowest BCUT2D eigenvalue weighted by Gasteiger charge is -2.23. The van der Waals surface area contributed by atoms with Crippen molar-refractivity contribution in [1.29, 1.82) is 0 Å². The van der Waals surface area contributed by atoms with Gasteiger partial charge in [0, 0.05) is 19.1 Å². The molecule has 0 saturated carbocycles. The molecule has 1 aliphatic heterocycles. The molecule has 1 N–H and O–H groups in total. The van der Waals surface area contributed by atoms with Gasteiger partial charge in [-0.25, -0.2) is 4.79 Å². The Labute approximate surface area is 101 Å². The molecule has 1 aromatic rings. The van der Waals surface area contributed by atoms with Gasteiger partial charge in [0.15, 0.2) is 0 Å². The number of carboxylic acid groups (broad SMARTS) is 1. The monoisotopic (exact) mass is 234 g/mol. The maximum absolute atomic E-state index is 11.2. The highest BCUT2D eigenvalue weighted by molar-refractivity contribution is 5.94. The zero-order valence-corrected chi connectivity index (χ0v) is 10.3. The first-order valence-corrected chi connectivity index (χ1v) is 5.83. The van der Waals surface area contributed by atoms with E-state index in [-0.39, 0.29) is 0 Å². The van der Waals surface area contributed by atoms with Crippen molar-refractivity contribution < 1.29 is 9.90 Å². The molecule has 0 aromatic heterocycles.